The summed E-state index contributed by atoms with van der Waals surface area (Å²) in [5, 5.41) is 3.91. The van der Waals surface area contributed by atoms with Crippen LogP contribution in [0, 0.1) is 11.6 Å². The predicted molar refractivity (Wildman–Crippen MR) is 140 cm³/mol. The Hall–Kier alpha value is -3.55. The number of nitrogens with one attached hydrogen (secondary N) is 2. The highest BCUT2D eigenvalue weighted by atomic mass is 35.5. The Morgan fingerprint density at radius 3 is 2.14 bits per heavy atom. The molecule has 3 aromatic rings. The summed E-state index contributed by atoms with van der Waals surface area (Å²) in [5.41, 5.74) is 0.417. The van der Waals surface area contributed by atoms with E-state index in [0.717, 1.165) is 24.3 Å². The fourth-order valence-electron chi connectivity index (χ4n) is 4.64. The molecule has 0 aliphatic heterocycles. The Morgan fingerprint density at radius 2 is 1.57 bits per heavy atom. The van der Waals surface area contributed by atoms with Crippen molar-refractivity contribution in [3.63, 3.8) is 0 Å². The minimum Gasteiger partial charge on any atom is -0.369 e. The number of carbonyl (C=O) groups is 3. The van der Waals surface area contributed by atoms with Crippen LogP contribution in [0.25, 0.3) is 0 Å². The minimum atomic E-state index is -5.08. The molecule has 0 radical (unpaired) electrons. The van der Waals surface area contributed by atoms with Crippen LogP contribution < -0.4 is 16.4 Å². The maximum absolute atomic E-state index is 14.6. The number of carbonyl (C=O) groups excluding carboxylic acids is 3. The summed E-state index contributed by atoms with van der Waals surface area (Å²) >= 11 is 19.0. The van der Waals surface area contributed by atoms with Crippen molar-refractivity contribution in [2.45, 2.75) is 28.3 Å². The highest BCUT2D eigenvalue weighted by Crippen LogP contribution is 2.74. The summed E-state index contributed by atoms with van der Waals surface area (Å²) in [6.07, 6.45) is -8.44. The molecule has 0 saturated heterocycles. The standard InChI is InChI=1S/C26H15Cl3F7N3O3/c27-15-5-2-11(8-18(15)39-21(40)13-4-3-12(9-17(13)31)38-22(41)20(32)33)24(23(37)42)19(25(24,28)29)10-1-6-16(30)14(7-10)26(34,35)36/h1-9,19-20H,(H2,37,42)(H,38,41)(H,39,40). The molecule has 1 saturated carbocycles. The van der Waals surface area contributed by atoms with E-state index in [1.54, 1.807) is 5.32 Å². The number of benzene rings is 3. The van der Waals surface area contributed by atoms with E-state index in [1.165, 1.54) is 12.1 Å². The van der Waals surface area contributed by atoms with Gasteiger partial charge in [-0.1, -0.05) is 46.9 Å². The van der Waals surface area contributed by atoms with Gasteiger partial charge in [0.15, 0.2) is 0 Å². The Labute approximate surface area is 246 Å². The second-order valence-corrected chi connectivity index (χ2v) is 10.9. The number of primary amides is 1. The lowest BCUT2D eigenvalue weighted by Crippen LogP contribution is -2.34. The molecule has 6 nitrogen and oxygen atoms in total. The smallest absolute Gasteiger partial charge is 0.369 e. The third kappa shape index (κ3) is 5.36. The molecule has 2 unspecified atom stereocenters. The number of nitrogens with two attached hydrogens (primary N) is 1. The molecule has 0 heterocycles. The maximum atomic E-state index is 14.6. The van der Waals surface area contributed by atoms with E-state index >= 15 is 0 Å². The van der Waals surface area contributed by atoms with Crippen LogP contribution in [-0.2, 0) is 21.2 Å². The minimum absolute atomic E-state index is 0.0897. The van der Waals surface area contributed by atoms with E-state index in [9.17, 15) is 45.1 Å². The van der Waals surface area contributed by atoms with Gasteiger partial charge in [0.1, 0.15) is 21.4 Å². The van der Waals surface area contributed by atoms with Crippen LogP contribution in [0.2, 0.25) is 5.02 Å². The van der Waals surface area contributed by atoms with Crippen LogP contribution in [0.1, 0.15) is 33.0 Å². The number of halogens is 10. The first-order chi connectivity index (χ1) is 19.4. The molecule has 16 heteroatoms. The molecule has 0 spiro atoms. The number of rotatable bonds is 7. The maximum Gasteiger partial charge on any atom is 0.419 e. The van der Waals surface area contributed by atoms with Gasteiger partial charge in [-0.15, -0.1) is 0 Å². The molecule has 0 aromatic heterocycles. The number of hydrogen-bond donors (Lipinski definition) is 3. The predicted octanol–water partition coefficient (Wildman–Crippen LogP) is 6.79. The number of hydrogen-bond acceptors (Lipinski definition) is 3. The second-order valence-electron chi connectivity index (χ2n) is 9.10. The lowest BCUT2D eigenvalue weighted by Gasteiger charge is -2.18. The Balaban J connectivity index is 1.69. The zero-order valence-electron chi connectivity index (χ0n) is 20.4. The summed E-state index contributed by atoms with van der Waals surface area (Å²) in [6.45, 7) is 0. The van der Waals surface area contributed by atoms with Crippen LogP contribution in [0.15, 0.2) is 54.6 Å². The highest BCUT2D eigenvalue weighted by Gasteiger charge is 2.81. The van der Waals surface area contributed by atoms with Crippen molar-refractivity contribution in [3.8, 4) is 0 Å². The molecule has 42 heavy (non-hydrogen) atoms. The topological polar surface area (TPSA) is 101 Å². The SMILES string of the molecule is NC(=O)C1(c2ccc(Cl)c(NC(=O)c3ccc(NC(=O)C(F)F)cc3F)c2)C(c2ccc(F)c(C(F)(F)F)c2)C1(Cl)Cl. The zero-order chi connectivity index (χ0) is 31.4. The van der Waals surface area contributed by atoms with Gasteiger partial charge in [0, 0.05) is 11.6 Å². The van der Waals surface area contributed by atoms with Crippen molar-refractivity contribution >= 4 is 63.9 Å². The molecule has 4 N–H and O–H groups in total. The van der Waals surface area contributed by atoms with Gasteiger partial charge in [0.25, 0.3) is 11.8 Å². The van der Waals surface area contributed by atoms with Crippen LogP contribution in [-0.4, -0.2) is 28.5 Å². The molecular weight excluding hydrogens is 642 g/mol. The van der Waals surface area contributed by atoms with Crippen LogP contribution in [0.3, 0.4) is 0 Å². The van der Waals surface area contributed by atoms with Crippen molar-refractivity contribution < 1.29 is 45.1 Å². The van der Waals surface area contributed by atoms with Crippen molar-refractivity contribution in [2.24, 2.45) is 5.73 Å². The molecule has 3 aromatic carbocycles. The Morgan fingerprint density at radius 1 is 0.905 bits per heavy atom. The first-order valence-electron chi connectivity index (χ1n) is 11.5. The average Bonchev–Trinajstić information content (AvgIpc) is 3.41. The van der Waals surface area contributed by atoms with Gasteiger partial charge in [0.05, 0.1) is 21.8 Å². The molecule has 1 aliphatic rings. The first-order valence-corrected chi connectivity index (χ1v) is 12.6. The van der Waals surface area contributed by atoms with Crippen molar-refractivity contribution in [2.75, 3.05) is 10.6 Å². The van der Waals surface area contributed by atoms with E-state index in [1.807, 2.05) is 0 Å². The molecule has 3 amide bonds. The van der Waals surface area contributed by atoms with Crippen LogP contribution in [0.5, 0.6) is 0 Å². The van der Waals surface area contributed by atoms with Gasteiger partial charge < -0.3 is 16.4 Å². The number of anilines is 2. The van der Waals surface area contributed by atoms with Crippen molar-refractivity contribution in [1.82, 2.24) is 0 Å². The largest absolute Gasteiger partial charge is 0.419 e. The van der Waals surface area contributed by atoms with E-state index in [2.05, 4.69) is 5.32 Å². The molecule has 1 fully saturated rings. The number of amides is 3. The van der Waals surface area contributed by atoms with E-state index in [4.69, 9.17) is 40.5 Å². The van der Waals surface area contributed by atoms with Gasteiger partial charge in [-0.3, -0.25) is 14.4 Å². The third-order valence-corrected chi connectivity index (χ3v) is 7.97. The van der Waals surface area contributed by atoms with E-state index in [0.29, 0.717) is 18.2 Å². The lowest BCUT2D eigenvalue weighted by atomic mass is 9.89. The van der Waals surface area contributed by atoms with E-state index in [-0.39, 0.29) is 27.5 Å². The lowest BCUT2D eigenvalue weighted by molar-refractivity contribution is -0.140. The van der Waals surface area contributed by atoms with Crippen molar-refractivity contribution in [3.05, 3.63) is 93.5 Å². The molecular formula is C26H15Cl3F7N3O3. The quantitative estimate of drug-likeness (QED) is 0.193. The molecule has 222 valence electrons. The summed E-state index contributed by atoms with van der Waals surface area (Å²) in [7, 11) is 0. The summed E-state index contributed by atoms with van der Waals surface area (Å²) < 4.78 is 91.3. The zero-order valence-corrected chi connectivity index (χ0v) is 22.7. The van der Waals surface area contributed by atoms with Crippen LogP contribution in [0.4, 0.5) is 42.1 Å². The summed E-state index contributed by atoms with van der Waals surface area (Å²) in [5.74, 6) is -8.13. The molecule has 0 bridgehead atoms. The van der Waals surface area contributed by atoms with Gasteiger partial charge >= 0.3 is 12.6 Å². The van der Waals surface area contributed by atoms with Gasteiger partial charge in [-0.05, 0) is 53.6 Å². The molecule has 1 aliphatic carbocycles. The first kappa shape index (κ1) is 31.4. The average molecular weight is 657 g/mol. The fraction of sp³-hybridized carbons (Fsp3) is 0.192. The fourth-order valence-corrected chi connectivity index (χ4v) is 5.90. The molecule has 2 atom stereocenters. The monoisotopic (exact) mass is 655 g/mol. The van der Waals surface area contributed by atoms with E-state index < -0.39 is 68.8 Å². The Bertz CT molecular complexity index is 1620. The highest BCUT2D eigenvalue weighted by molar-refractivity contribution is 6.55. The van der Waals surface area contributed by atoms with Crippen LogP contribution >= 0.6 is 34.8 Å². The number of alkyl halides is 7. The second kappa shape index (κ2) is 10.9. The summed E-state index contributed by atoms with van der Waals surface area (Å²) in [6, 6.07) is 7.98. The van der Waals surface area contributed by atoms with Gasteiger partial charge in [0.2, 0.25) is 5.91 Å². The Kier molecular flexibility index (Phi) is 8.17. The van der Waals surface area contributed by atoms with Crippen molar-refractivity contribution in [1.29, 1.82) is 0 Å². The third-order valence-electron chi connectivity index (χ3n) is 6.61. The normalized spacial score (nSPS) is 19.4. The molecule has 4 rings (SSSR count). The van der Waals surface area contributed by atoms with Gasteiger partial charge in [-0.2, -0.15) is 22.0 Å². The van der Waals surface area contributed by atoms with Gasteiger partial charge in [-0.25, -0.2) is 8.78 Å². The summed E-state index contributed by atoms with van der Waals surface area (Å²) in [4.78, 5) is 36.7.